The van der Waals surface area contributed by atoms with Gasteiger partial charge in [0.15, 0.2) is 0 Å². The van der Waals surface area contributed by atoms with Gasteiger partial charge in [-0.3, -0.25) is 4.68 Å². The normalized spacial score (nSPS) is 15.8. The van der Waals surface area contributed by atoms with Crippen molar-refractivity contribution >= 4 is 0 Å². The highest BCUT2D eigenvalue weighted by Gasteiger charge is 2.28. The lowest BCUT2D eigenvalue weighted by Gasteiger charge is -2.26. The second kappa shape index (κ2) is 3.47. The van der Waals surface area contributed by atoms with Crippen molar-refractivity contribution in [2.45, 2.75) is 19.4 Å². The first-order valence-electron chi connectivity index (χ1n) is 4.29. The van der Waals surface area contributed by atoms with Crippen LogP contribution in [0.4, 0.5) is 0 Å². The van der Waals surface area contributed by atoms with Crippen molar-refractivity contribution in [1.82, 2.24) is 9.78 Å². The zero-order valence-corrected chi connectivity index (χ0v) is 8.66. The maximum Gasteiger partial charge on any atom is 0.105 e. The van der Waals surface area contributed by atoms with Crippen molar-refractivity contribution < 1.29 is 4.74 Å². The minimum atomic E-state index is -0.418. The summed E-state index contributed by atoms with van der Waals surface area (Å²) in [7, 11) is 3.57. The molecule has 0 bridgehead atoms. The Bertz CT molecular complexity index is 289. The van der Waals surface area contributed by atoms with E-state index >= 15 is 0 Å². The Kier molecular flexibility index (Phi) is 2.73. The van der Waals surface area contributed by atoms with Gasteiger partial charge in [-0.1, -0.05) is 0 Å². The van der Waals surface area contributed by atoms with Crippen molar-refractivity contribution in [3.05, 3.63) is 17.5 Å². The van der Waals surface area contributed by atoms with Gasteiger partial charge in [-0.2, -0.15) is 5.10 Å². The van der Waals surface area contributed by atoms with Gasteiger partial charge in [0, 0.05) is 32.0 Å². The first-order chi connectivity index (χ1) is 6.05. The first-order valence-corrected chi connectivity index (χ1v) is 4.29. The monoisotopic (exact) mass is 183 g/mol. The molecule has 4 heteroatoms. The minimum absolute atomic E-state index is 0.418. The number of ether oxygens (including phenoxy) is 1. The number of nitrogens with two attached hydrogens (primary N) is 1. The molecule has 0 aliphatic rings. The number of aromatic nitrogens is 2. The smallest absolute Gasteiger partial charge is 0.105 e. The lowest BCUT2D eigenvalue weighted by molar-refractivity contribution is 0.00948. The zero-order chi connectivity index (χ0) is 10.1. The molecular formula is C9H17N3O. The largest absolute Gasteiger partial charge is 0.372 e. The fourth-order valence-corrected chi connectivity index (χ4v) is 1.32. The van der Waals surface area contributed by atoms with Crippen molar-refractivity contribution in [1.29, 1.82) is 0 Å². The fraction of sp³-hybridized carbons (Fsp3) is 0.667. The van der Waals surface area contributed by atoms with Crippen LogP contribution < -0.4 is 5.73 Å². The van der Waals surface area contributed by atoms with Crippen LogP contribution in [-0.4, -0.2) is 23.4 Å². The van der Waals surface area contributed by atoms with Crippen LogP contribution in [-0.2, 0) is 17.4 Å². The predicted molar refractivity (Wildman–Crippen MR) is 51.4 cm³/mol. The van der Waals surface area contributed by atoms with Gasteiger partial charge >= 0.3 is 0 Å². The summed E-state index contributed by atoms with van der Waals surface area (Å²) in [5.74, 6) is 0. The molecule has 0 aromatic carbocycles. The van der Waals surface area contributed by atoms with Crippen LogP contribution in [0.1, 0.15) is 18.2 Å². The van der Waals surface area contributed by atoms with E-state index in [1.165, 1.54) is 0 Å². The standard InChI is InChI=1S/C9H17N3O/c1-7-8(5-11-12(7)3)9(2,6-10)13-4/h5H,6,10H2,1-4H3. The average Bonchev–Trinajstić information content (AvgIpc) is 2.47. The Labute approximate surface area is 78.7 Å². The maximum absolute atomic E-state index is 5.67. The highest BCUT2D eigenvalue weighted by Crippen LogP contribution is 2.25. The summed E-state index contributed by atoms with van der Waals surface area (Å²) >= 11 is 0. The molecule has 0 radical (unpaired) electrons. The topological polar surface area (TPSA) is 53.1 Å². The summed E-state index contributed by atoms with van der Waals surface area (Å²) in [6.45, 7) is 4.43. The predicted octanol–water partition coefficient (Wildman–Crippen LogP) is 0.549. The molecule has 1 aromatic rings. The van der Waals surface area contributed by atoms with E-state index in [4.69, 9.17) is 10.5 Å². The third-order valence-electron chi connectivity index (χ3n) is 2.65. The van der Waals surface area contributed by atoms with Crippen LogP contribution in [0, 0.1) is 6.92 Å². The molecule has 13 heavy (non-hydrogen) atoms. The summed E-state index contributed by atoms with van der Waals surface area (Å²) in [6.07, 6.45) is 1.81. The Morgan fingerprint density at radius 3 is 2.62 bits per heavy atom. The molecule has 0 saturated heterocycles. The molecule has 1 unspecified atom stereocenters. The zero-order valence-electron chi connectivity index (χ0n) is 8.66. The molecular weight excluding hydrogens is 166 g/mol. The molecule has 4 nitrogen and oxygen atoms in total. The molecule has 1 rings (SSSR count). The Balaban J connectivity index is 3.12. The van der Waals surface area contributed by atoms with Crippen molar-refractivity contribution in [3.8, 4) is 0 Å². The highest BCUT2D eigenvalue weighted by molar-refractivity contribution is 5.24. The lowest BCUT2D eigenvalue weighted by atomic mass is 9.97. The molecule has 74 valence electrons. The molecule has 2 N–H and O–H groups in total. The van der Waals surface area contributed by atoms with E-state index in [9.17, 15) is 0 Å². The molecule has 0 amide bonds. The van der Waals surface area contributed by atoms with E-state index in [0.29, 0.717) is 6.54 Å². The fourth-order valence-electron chi connectivity index (χ4n) is 1.32. The molecule has 0 aliphatic carbocycles. The highest BCUT2D eigenvalue weighted by atomic mass is 16.5. The van der Waals surface area contributed by atoms with Gasteiger partial charge < -0.3 is 10.5 Å². The summed E-state index contributed by atoms with van der Waals surface area (Å²) < 4.78 is 7.21. The summed E-state index contributed by atoms with van der Waals surface area (Å²) in [4.78, 5) is 0. The Morgan fingerprint density at radius 1 is 1.69 bits per heavy atom. The summed E-state index contributed by atoms with van der Waals surface area (Å²) in [5, 5.41) is 4.16. The van der Waals surface area contributed by atoms with Gasteiger partial charge in [0.1, 0.15) is 5.60 Å². The van der Waals surface area contributed by atoms with E-state index in [1.54, 1.807) is 7.11 Å². The maximum atomic E-state index is 5.67. The van der Waals surface area contributed by atoms with E-state index in [-0.39, 0.29) is 0 Å². The van der Waals surface area contributed by atoms with Gasteiger partial charge in [0.2, 0.25) is 0 Å². The van der Waals surface area contributed by atoms with Gasteiger partial charge in [-0.05, 0) is 13.8 Å². The summed E-state index contributed by atoms with van der Waals surface area (Å²) in [5.41, 5.74) is 7.40. The molecule has 0 spiro atoms. The van der Waals surface area contributed by atoms with Gasteiger partial charge in [0.05, 0.1) is 6.20 Å². The number of rotatable bonds is 3. The SMILES string of the molecule is COC(C)(CN)c1cnn(C)c1C. The minimum Gasteiger partial charge on any atom is -0.372 e. The van der Waals surface area contributed by atoms with E-state index < -0.39 is 5.60 Å². The number of nitrogens with zero attached hydrogens (tertiary/aromatic N) is 2. The number of hydrogen-bond acceptors (Lipinski definition) is 3. The number of hydrogen-bond donors (Lipinski definition) is 1. The van der Waals surface area contributed by atoms with Crippen LogP contribution in [0.25, 0.3) is 0 Å². The van der Waals surface area contributed by atoms with Gasteiger partial charge in [-0.25, -0.2) is 0 Å². The molecule has 1 aromatic heterocycles. The first kappa shape index (κ1) is 10.2. The van der Waals surface area contributed by atoms with Crippen molar-refractivity contribution in [2.75, 3.05) is 13.7 Å². The average molecular weight is 183 g/mol. The molecule has 1 heterocycles. The van der Waals surface area contributed by atoms with Crippen LogP contribution in [0.5, 0.6) is 0 Å². The molecule has 0 saturated carbocycles. The summed E-state index contributed by atoms with van der Waals surface area (Å²) in [6, 6.07) is 0. The quantitative estimate of drug-likeness (QED) is 0.744. The third-order valence-corrected chi connectivity index (χ3v) is 2.65. The Morgan fingerprint density at radius 2 is 2.31 bits per heavy atom. The van der Waals surface area contributed by atoms with Crippen LogP contribution in [0.2, 0.25) is 0 Å². The van der Waals surface area contributed by atoms with E-state index in [0.717, 1.165) is 11.3 Å². The number of methoxy groups -OCH3 is 1. The second-order valence-electron chi connectivity index (χ2n) is 3.41. The molecule has 0 fully saturated rings. The van der Waals surface area contributed by atoms with E-state index in [2.05, 4.69) is 5.10 Å². The van der Waals surface area contributed by atoms with Crippen molar-refractivity contribution in [2.24, 2.45) is 12.8 Å². The van der Waals surface area contributed by atoms with E-state index in [1.807, 2.05) is 31.8 Å². The molecule has 1 atom stereocenters. The van der Waals surface area contributed by atoms with Crippen molar-refractivity contribution in [3.63, 3.8) is 0 Å². The third kappa shape index (κ3) is 1.59. The molecule has 0 aliphatic heterocycles. The van der Waals surface area contributed by atoms with Gasteiger partial charge in [0.25, 0.3) is 0 Å². The lowest BCUT2D eigenvalue weighted by Crippen LogP contribution is -2.34. The van der Waals surface area contributed by atoms with Gasteiger partial charge in [-0.15, -0.1) is 0 Å². The number of aryl methyl sites for hydroxylation is 1. The Hall–Kier alpha value is -0.870. The van der Waals surface area contributed by atoms with Crippen LogP contribution >= 0.6 is 0 Å². The second-order valence-corrected chi connectivity index (χ2v) is 3.41. The van der Waals surface area contributed by atoms with Crippen LogP contribution in [0.3, 0.4) is 0 Å². The van der Waals surface area contributed by atoms with Crippen LogP contribution in [0.15, 0.2) is 6.20 Å².